The van der Waals surface area contributed by atoms with Crippen molar-refractivity contribution in [3.05, 3.63) is 60.3 Å². The summed E-state index contributed by atoms with van der Waals surface area (Å²) in [6, 6.07) is -0.485. The van der Waals surface area contributed by atoms with Gasteiger partial charge in [-0.1, -0.05) is 6.92 Å². The summed E-state index contributed by atoms with van der Waals surface area (Å²) in [7, 11) is 0. The van der Waals surface area contributed by atoms with Gasteiger partial charge in [-0.3, -0.25) is 19.2 Å². The van der Waals surface area contributed by atoms with E-state index in [1.807, 2.05) is 47.6 Å². The van der Waals surface area contributed by atoms with Crippen LogP contribution in [0.5, 0.6) is 0 Å². The molecule has 0 spiro atoms. The zero-order chi connectivity index (χ0) is 33.3. The summed E-state index contributed by atoms with van der Waals surface area (Å²) >= 11 is 8.97. The van der Waals surface area contributed by atoms with Crippen LogP contribution in [0.3, 0.4) is 0 Å². The maximum atomic E-state index is 12.6. The minimum atomic E-state index is -0.905. The molecule has 3 aliphatic heterocycles. The first-order valence-electron chi connectivity index (χ1n) is 15.3. The van der Waals surface area contributed by atoms with Crippen molar-refractivity contribution >= 4 is 55.1 Å². The van der Waals surface area contributed by atoms with Gasteiger partial charge in [0, 0.05) is 59.9 Å². The maximum absolute atomic E-state index is 12.6. The summed E-state index contributed by atoms with van der Waals surface area (Å²) in [6.45, 7) is 11.5. The molecule has 0 radical (unpaired) electrons. The zero-order valence-corrected chi connectivity index (χ0v) is 28.4. The van der Waals surface area contributed by atoms with Gasteiger partial charge in [0.05, 0.1) is 12.0 Å². The number of aliphatic carboxylic acids is 2. The molecule has 5 atom stereocenters. The molecule has 6 N–H and O–H groups in total. The van der Waals surface area contributed by atoms with Gasteiger partial charge >= 0.3 is 11.9 Å². The first kappa shape index (κ1) is 34.5. The van der Waals surface area contributed by atoms with Crippen LogP contribution in [-0.4, -0.2) is 57.1 Å². The van der Waals surface area contributed by atoms with Crippen LogP contribution in [0.25, 0.3) is 6.08 Å². The predicted molar refractivity (Wildman–Crippen MR) is 180 cm³/mol. The van der Waals surface area contributed by atoms with Crippen molar-refractivity contribution in [3.8, 4) is 0 Å². The Bertz CT molecular complexity index is 1540. The molecule has 3 aliphatic rings. The number of carboxylic acid groups (broad SMARTS) is 2. The molecule has 4 heterocycles. The molecule has 244 valence electrons. The van der Waals surface area contributed by atoms with Gasteiger partial charge in [-0.05, 0) is 97.6 Å². The highest BCUT2D eigenvalue weighted by atomic mass is 32.1. The number of rotatable bonds is 11. The Kier molecular flexibility index (Phi) is 10.7. The Labute approximate surface area is 275 Å². The summed E-state index contributed by atoms with van der Waals surface area (Å²) in [5.41, 5.74) is 7.74. The molecule has 2 amide bonds. The summed E-state index contributed by atoms with van der Waals surface area (Å²) in [5, 5.41) is 28.7. The lowest BCUT2D eigenvalue weighted by atomic mass is 9.90. The van der Waals surface area contributed by atoms with Crippen LogP contribution in [0.2, 0.25) is 0 Å². The van der Waals surface area contributed by atoms with Gasteiger partial charge in [0.25, 0.3) is 0 Å². The highest BCUT2D eigenvalue weighted by Crippen LogP contribution is 2.37. The molecular formula is C33H44N4O6S2. The number of carboxylic acids is 2. The molecule has 2 fully saturated rings. The topological polar surface area (TPSA) is 161 Å². The lowest BCUT2D eigenvalue weighted by Crippen LogP contribution is -2.36. The van der Waals surface area contributed by atoms with Crippen molar-refractivity contribution in [3.63, 3.8) is 0 Å². The maximum Gasteiger partial charge on any atom is 0.303 e. The molecular weight excluding hydrogens is 613 g/mol. The quantitative estimate of drug-likeness (QED) is 0.129. The summed E-state index contributed by atoms with van der Waals surface area (Å²) in [5.74, 6) is -2.28. The second-order valence-electron chi connectivity index (χ2n) is 12.5. The van der Waals surface area contributed by atoms with E-state index < -0.39 is 11.9 Å². The molecule has 0 saturated carbocycles. The third kappa shape index (κ3) is 7.38. The van der Waals surface area contributed by atoms with Crippen LogP contribution < -0.4 is 16.0 Å². The first-order chi connectivity index (χ1) is 21.1. The average Bonchev–Trinajstić information content (AvgIpc) is 3.59. The summed E-state index contributed by atoms with van der Waals surface area (Å²) < 4.78 is 0. The number of carbonyl (C=O) groups excluding carboxylic acids is 2. The van der Waals surface area contributed by atoms with Crippen molar-refractivity contribution in [2.45, 2.75) is 98.2 Å². The summed E-state index contributed by atoms with van der Waals surface area (Å²) in [4.78, 5) is 53.3. The normalized spacial score (nSPS) is 28.0. The minimum absolute atomic E-state index is 0.0324. The van der Waals surface area contributed by atoms with E-state index in [0.29, 0.717) is 36.2 Å². The van der Waals surface area contributed by atoms with E-state index in [2.05, 4.69) is 46.2 Å². The molecule has 0 aliphatic carbocycles. The highest BCUT2D eigenvalue weighted by Gasteiger charge is 2.39. The number of nitrogens with one attached hydrogen (secondary N) is 4. The van der Waals surface area contributed by atoms with E-state index in [9.17, 15) is 29.4 Å². The Morgan fingerprint density at radius 1 is 0.911 bits per heavy atom. The molecule has 0 bridgehead atoms. The van der Waals surface area contributed by atoms with Gasteiger partial charge in [0.1, 0.15) is 0 Å². The Morgan fingerprint density at radius 2 is 1.56 bits per heavy atom. The van der Waals surface area contributed by atoms with Crippen LogP contribution in [0.4, 0.5) is 0 Å². The van der Waals surface area contributed by atoms with Gasteiger partial charge in [0.2, 0.25) is 11.8 Å². The van der Waals surface area contributed by atoms with Gasteiger partial charge in [-0.25, -0.2) is 0 Å². The van der Waals surface area contributed by atoms with E-state index in [0.717, 1.165) is 49.8 Å². The average molecular weight is 657 g/mol. The number of hydrogen-bond acceptors (Lipinski definition) is 7. The number of H-pyrrole nitrogens is 1. The van der Waals surface area contributed by atoms with Crippen LogP contribution in [0, 0.1) is 18.8 Å². The number of aromatic amines is 1. The number of hydrogen-bond donors (Lipinski definition) is 8. The Balaban J connectivity index is 1.71. The number of aromatic nitrogens is 1. The van der Waals surface area contributed by atoms with Gasteiger partial charge in [0.15, 0.2) is 0 Å². The van der Waals surface area contributed by atoms with E-state index >= 15 is 0 Å². The second-order valence-corrected chi connectivity index (χ2v) is 13.8. The van der Waals surface area contributed by atoms with Crippen molar-refractivity contribution < 1.29 is 29.4 Å². The molecule has 0 aromatic carbocycles. The molecule has 12 heteroatoms. The molecule has 1 aromatic heterocycles. The third-order valence-corrected chi connectivity index (χ3v) is 10.0. The molecule has 4 rings (SSSR count). The predicted octanol–water partition coefficient (Wildman–Crippen LogP) is 4.44. The van der Waals surface area contributed by atoms with Gasteiger partial charge in [-0.2, -0.15) is 0 Å². The second kappa shape index (κ2) is 13.9. The van der Waals surface area contributed by atoms with Crippen LogP contribution in [0.1, 0.15) is 82.8 Å². The molecule has 1 aromatic rings. The standard InChI is InChI=1S/C33H44N4O6S2/c1-14-20(7-9-28(38)39)25(34-22(14)11-24-16(3)31(19(6)45)33(43)36-24)13-26-21(8-10-29(40)41)15(2)23(35-26)12-27-30(18(5)44)17(4)32(42)37-27/h13,16-17,22,24,27,34-35,44-45H,7-12H2,1-6H3,(H,36,43)(H,37,42)(H,38,39)(H,40,41)/b25-13-,30-18+,31-19+/t16-,17?,22?,24-,27+/m1/s1. The Morgan fingerprint density at radius 3 is 2.13 bits per heavy atom. The number of amides is 2. The molecule has 2 saturated heterocycles. The van der Waals surface area contributed by atoms with Crippen molar-refractivity contribution in [1.82, 2.24) is 20.9 Å². The molecule has 10 nitrogen and oxygen atoms in total. The van der Waals surface area contributed by atoms with E-state index in [4.69, 9.17) is 0 Å². The number of carbonyl (C=O) groups is 4. The van der Waals surface area contributed by atoms with E-state index in [1.165, 1.54) is 0 Å². The first-order valence-corrected chi connectivity index (χ1v) is 16.2. The van der Waals surface area contributed by atoms with Gasteiger partial charge in [-0.15, -0.1) is 25.3 Å². The summed E-state index contributed by atoms with van der Waals surface area (Å²) in [6.07, 6.45) is 3.58. The SMILES string of the molecule is CC1=C(CCC(=O)O)/C(=C/c2[nH]c(C[C@@H]3NC(=O)C(C)/C3=C(/C)S)c(C)c2CCC(=O)O)NC1C[C@H]1NC(=O)/C(=C(\C)S)[C@@H]1C. The zero-order valence-electron chi connectivity index (χ0n) is 26.6. The van der Waals surface area contributed by atoms with Crippen LogP contribution in [0.15, 0.2) is 37.8 Å². The lowest BCUT2D eigenvalue weighted by Gasteiger charge is -2.22. The molecule has 2 unspecified atom stereocenters. The van der Waals surface area contributed by atoms with E-state index in [1.54, 1.807) is 0 Å². The van der Waals surface area contributed by atoms with Crippen molar-refractivity contribution in [1.29, 1.82) is 0 Å². The molecule has 45 heavy (non-hydrogen) atoms. The number of thiol groups is 2. The smallest absolute Gasteiger partial charge is 0.303 e. The van der Waals surface area contributed by atoms with E-state index in [-0.39, 0.29) is 54.6 Å². The van der Waals surface area contributed by atoms with Gasteiger partial charge < -0.3 is 31.1 Å². The fourth-order valence-corrected chi connectivity index (χ4v) is 7.67. The third-order valence-electron chi connectivity index (χ3n) is 9.51. The fraction of sp³-hybridized carbons (Fsp3) is 0.515. The van der Waals surface area contributed by atoms with Crippen LogP contribution in [-0.2, 0) is 32.0 Å². The van der Waals surface area contributed by atoms with Crippen molar-refractivity contribution in [2.75, 3.05) is 0 Å². The number of allylic oxidation sites excluding steroid dienone is 3. The lowest BCUT2D eigenvalue weighted by molar-refractivity contribution is -0.138. The van der Waals surface area contributed by atoms with Crippen molar-refractivity contribution in [2.24, 2.45) is 11.8 Å². The largest absolute Gasteiger partial charge is 0.481 e. The van der Waals surface area contributed by atoms with Crippen LogP contribution >= 0.6 is 25.3 Å². The monoisotopic (exact) mass is 656 g/mol. The fourth-order valence-electron chi connectivity index (χ4n) is 7.01. The minimum Gasteiger partial charge on any atom is -0.481 e. The highest BCUT2D eigenvalue weighted by molar-refractivity contribution is 7.84. The Hall–Kier alpha value is -3.38.